The fraction of sp³-hybridized carbons (Fsp3) is 0.615. The van der Waals surface area contributed by atoms with Crippen molar-refractivity contribution in [3.63, 3.8) is 0 Å². The molecule has 0 bridgehead atoms. The SMILES string of the molecule is Cc1nc(N)c2ncn(C3OC(COP(=O)(O)OP(=O)(O)OP(=O)(O)O)C(C)C3C)c2n1. The summed E-state index contributed by atoms with van der Waals surface area (Å²) in [7, 11) is -16.3. The van der Waals surface area contributed by atoms with Gasteiger partial charge in [0.15, 0.2) is 11.5 Å². The summed E-state index contributed by atoms with van der Waals surface area (Å²) in [6.07, 6.45) is 0.115. The number of fused-ring (bicyclic) bond motifs is 1. The van der Waals surface area contributed by atoms with Gasteiger partial charge in [-0.15, -0.1) is 0 Å². The molecule has 2 aromatic heterocycles. The monoisotopic (exact) mass is 517 g/mol. The molecule has 3 heterocycles. The summed E-state index contributed by atoms with van der Waals surface area (Å²) >= 11 is 0. The second-order valence-electron chi connectivity index (χ2n) is 7.15. The maximum absolute atomic E-state index is 12.0. The molecule has 0 spiro atoms. The maximum Gasteiger partial charge on any atom is 0.490 e. The molecule has 0 amide bonds. The first-order chi connectivity index (χ1) is 14.6. The molecule has 1 aliphatic rings. The number of imidazole rings is 1. The second kappa shape index (κ2) is 8.82. The third-order valence-corrected chi connectivity index (χ3v) is 8.63. The van der Waals surface area contributed by atoms with Gasteiger partial charge in [0.1, 0.15) is 17.6 Å². The minimum absolute atomic E-state index is 0.154. The molecule has 180 valence electrons. The third kappa shape index (κ3) is 5.79. The topological polar surface area (TPSA) is 239 Å². The van der Waals surface area contributed by atoms with Crippen molar-refractivity contribution >= 4 is 40.4 Å². The molecule has 1 saturated heterocycles. The van der Waals surface area contributed by atoms with E-state index in [9.17, 15) is 23.5 Å². The van der Waals surface area contributed by atoms with E-state index in [1.807, 2.05) is 6.92 Å². The summed E-state index contributed by atoms with van der Waals surface area (Å²) in [4.78, 5) is 48.6. The van der Waals surface area contributed by atoms with Crippen LogP contribution in [0.4, 0.5) is 5.82 Å². The van der Waals surface area contributed by atoms with E-state index in [0.717, 1.165) is 0 Å². The Hall–Kier alpha value is -1.28. The minimum Gasteiger partial charge on any atom is -0.382 e. The van der Waals surface area contributed by atoms with Crippen molar-refractivity contribution in [3.8, 4) is 0 Å². The van der Waals surface area contributed by atoms with Gasteiger partial charge in [0.2, 0.25) is 0 Å². The predicted molar refractivity (Wildman–Crippen MR) is 107 cm³/mol. The Kier molecular flexibility index (Phi) is 6.99. The molecular formula is C13H22N5O11P3. The Morgan fingerprint density at radius 2 is 1.75 bits per heavy atom. The van der Waals surface area contributed by atoms with E-state index in [0.29, 0.717) is 17.0 Å². The van der Waals surface area contributed by atoms with Gasteiger partial charge >= 0.3 is 23.5 Å². The van der Waals surface area contributed by atoms with Crippen molar-refractivity contribution in [1.82, 2.24) is 19.5 Å². The van der Waals surface area contributed by atoms with Crippen molar-refractivity contribution in [2.75, 3.05) is 12.3 Å². The van der Waals surface area contributed by atoms with Crippen molar-refractivity contribution in [2.24, 2.45) is 11.8 Å². The first kappa shape index (κ1) is 25.3. The summed E-state index contributed by atoms with van der Waals surface area (Å²) in [5.74, 6) is 0.247. The van der Waals surface area contributed by atoms with Crippen LogP contribution in [0, 0.1) is 18.8 Å². The number of aromatic nitrogens is 4. The van der Waals surface area contributed by atoms with Gasteiger partial charge in [-0.2, -0.15) is 8.62 Å². The maximum atomic E-state index is 12.0. The summed E-state index contributed by atoms with van der Waals surface area (Å²) in [5.41, 5.74) is 6.70. The van der Waals surface area contributed by atoms with E-state index in [2.05, 4.69) is 23.6 Å². The molecule has 0 aromatic carbocycles. The van der Waals surface area contributed by atoms with E-state index in [4.69, 9.17) is 24.8 Å². The van der Waals surface area contributed by atoms with Gasteiger partial charge in [0, 0.05) is 5.92 Å². The highest BCUT2D eigenvalue weighted by molar-refractivity contribution is 7.66. The van der Waals surface area contributed by atoms with Gasteiger partial charge in [0.25, 0.3) is 0 Å². The number of hydrogen-bond donors (Lipinski definition) is 5. The quantitative estimate of drug-likeness (QED) is 0.309. The second-order valence-corrected chi connectivity index (χ2v) is 11.6. The zero-order chi connectivity index (χ0) is 24.1. The Morgan fingerprint density at radius 3 is 2.38 bits per heavy atom. The fourth-order valence-electron chi connectivity index (χ4n) is 3.24. The summed E-state index contributed by atoms with van der Waals surface area (Å²) in [5, 5.41) is 0. The van der Waals surface area contributed by atoms with Crippen LogP contribution in [0.15, 0.2) is 6.33 Å². The first-order valence-corrected chi connectivity index (χ1v) is 13.5. The standard InChI is InChI=1S/C13H22N5O11P3/c1-6-7(2)13(18-5-15-10-11(14)16-8(3)17-12(10)18)27-9(6)4-26-31(22,23)29-32(24,25)28-30(19,20)21/h5-7,9,13H,4H2,1-3H3,(H,22,23)(H,24,25)(H2,14,16,17)(H2,19,20,21). The lowest BCUT2D eigenvalue weighted by Gasteiger charge is -2.19. The van der Waals surface area contributed by atoms with E-state index in [1.165, 1.54) is 6.33 Å². The Bertz CT molecular complexity index is 1150. The number of phosphoric ester groups is 1. The van der Waals surface area contributed by atoms with E-state index < -0.39 is 42.4 Å². The van der Waals surface area contributed by atoms with Gasteiger partial charge in [-0.05, 0) is 12.8 Å². The number of phosphoric acid groups is 3. The predicted octanol–water partition coefficient (Wildman–Crippen LogP) is 1.23. The van der Waals surface area contributed by atoms with E-state index in [-0.39, 0.29) is 17.7 Å². The van der Waals surface area contributed by atoms with Crippen LogP contribution in [-0.2, 0) is 31.6 Å². The lowest BCUT2D eigenvalue weighted by Crippen LogP contribution is -2.21. The first-order valence-electron chi connectivity index (χ1n) is 8.99. The molecule has 19 heteroatoms. The molecule has 0 radical (unpaired) electrons. The van der Waals surface area contributed by atoms with Crippen LogP contribution in [-0.4, -0.2) is 51.8 Å². The van der Waals surface area contributed by atoms with Crippen LogP contribution in [0.2, 0.25) is 0 Å². The Balaban J connectivity index is 1.72. The molecule has 1 fully saturated rings. The van der Waals surface area contributed by atoms with Crippen molar-refractivity contribution in [2.45, 2.75) is 33.1 Å². The van der Waals surface area contributed by atoms with Gasteiger partial charge in [-0.3, -0.25) is 9.09 Å². The van der Waals surface area contributed by atoms with E-state index in [1.54, 1.807) is 18.4 Å². The van der Waals surface area contributed by atoms with Crippen LogP contribution in [0.3, 0.4) is 0 Å². The molecule has 6 N–H and O–H groups in total. The Morgan fingerprint density at radius 1 is 1.09 bits per heavy atom. The van der Waals surface area contributed by atoms with Gasteiger partial charge in [-0.25, -0.2) is 28.6 Å². The summed E-state index contributed by atoms with van der Waals surface area (Å²) in [6, 6.07) is 0. The molecule has 3 rings (SSSR count). The lowest BCUT2D eigenvalue weighted by atomic mass is 9.93. The summed E-state index contributed by atoms with van der Waals surface area (Å²) < 4.78 is 53.8. The largest absolute Gasteiger partial charge is 0.490 e. The Labute approximate surface area is 181 Å². The highest BCUT2D eigenvalue weighted by Gasteiger charge is 2.44. The molecule has 6 unspecified atom stereocenters. The number of aryl methyl sites for hydroxylation is 1. The smallest absolute Gasteiger partial charge is 0.382 e. The summed E-state index contributed by atoms with van der Waals surface area (Å²) in [6.45, 7) is 4.78. The minimum atomic E-state index is -5.59. The van der Waals surface area contributed by atoms with Crippen molar-refractivity contribution in [3.05, 3.63) is 12.2 Å². The van der Waals surface area contributed by atoms with E-state index >= 15 is 0 Å². The van der Waals surface area contributed by atoms with Crippen LogP contribution < -0.4 is 5.73 Å². The molecule has 0 aliphatic carbocycles. The van der Waals surface area contributed by atoms with Crippen LogP contribution in [0.25, 0.3) is 11.2 Å². The number of nitrogens with two attached hydrogens (primary N) is 1. The fourth-order valence-corrected chi connectivity index (χ4v) is 6.27. The zero-order valence-corrected chi connectivity index (χ0v) is 19.6. The normalized spacial score (nSPS) is 28.0. The molecule has 2 aromatic rings. The molecule has 1 aliphatic heterocycles. The van der Waals surface area contributed by atoms with Crippen LogP contribution in [0.5, 0.6) is 0 Å². The number of ether oxygens (including phenoxy) is 1. The highest BCUT2D eigenvalue weighted by atomic mass is 31.3. The lowest BCUT2D eigenvalue weighted by molar-refractivity contribution is -0.0331. The molecule has 16 nitrogen and oxygen atoms in total. The molecule has 0 saturated carbocycles. The van der Waals surface area contributed by atoms with Crippen LogP contribution >= 0.6 is 23.5 Å². The van der Waals surface area contributed by atoms with Gasteiger partial charge < -0.3 is 30.0 Å². The highest BCUT2D eigenvalue weighted by Crippen LogP contribution is 2.66. The average molecular weight is 517 g/mol. The number of anilines is 1. The average Bonchev–Trinajstić information content (AvgIpc) is 3.12. The third-order valence-electron chi connectivity index (χ3n) is 4.83. The number of hydrogen-bond acceptors (Lipinski definition) is 11. The number of nitrogen functional groups attached to an aromatic ring is 1. The molecular weight excluding hydrogens is 495 g/mol. The number of rotatable bonds is 8. The number of nitrogens with zero attached hydrogens (tertiary/aromatic N) is 4. The zero-order valence-electron chi connectivity index (χ0n) is 16.9. The van der Waals surface area contributed by atoms with Crippen molar-refractivity contribution < 1.29 is 51.2 Å². The van der Waals surface area contributed by atoms with Gasteiger partial charge in [0.05, 0.1) is 19.0 Å². The van der Waals surface area contributed by atoms with Crippen molar-refractivity contribution in [1.29, 1.82) is 0 Å². The van der Waals surface area contributed by atoms with Gasteiger partial charge in [-0.1, -0.05) is 13.8 Å². The van der Waals surface area contributed by atoms with Crippen LogP contribution in [0.1, 0.15) is 25.9 Å². The molecule has 6 atom stereocenters. The molecule has 32 heavy (non-hydrogen) atoms.